The van der Waals surface area contributed by atoms with E-state index in [4.69, 9.17) is 0 Å². The Bertz CT molecular complexity index is 683. The standard InChI is InChI=1S/C11H14BrN3O2S2/c1-11(2,3)8-6-9(14-13-8)15-19(16,17)10-7(12)4-5-18-10/h4-6H,1-3H3,(H2,13,14,15). The van der Waals surface area contributed by atoms with Crippen LogP contribution < -0.4 is 4.72 Å². The fourth-order valence-electron chi connectivity index (χ4n) is 1.41. The molecule has 0 bridgehead atoms. The van der Waals surface area contributed by atoms with Crippen LogP contribution in [0.25, 0.3) is 0 Å². The second-order valence-electron chi connectivity index (χ2n) is 5.08. The zero-order chi connectivity index (χ0) is 14.3. The van der Waals surface area contributed by atoms with Crippen LogP contribution in [0.4, 0.5) is 5.82 Å². The SMILES string of the molecule is CC(C)(C)c1cc(NS(=O)(=O)c2sccc2Br)n[nH]1. The Morgan fingerprint density at radius 1 is 1.42 bits per heavy atom. The van der Waals surface area contributed by atoms with Gasteiger partial charge in [-0.05, 0) is 27.4 Å². The molecule has 0 aliphatic carbocycles. The molecule has 0 fully saturated rings. The van der Waals surface area contributed by atoms with Gasteiger partial charge < -0.3 is 0 Å². The van der Waals surface area contributed by atoms with Crippen molar-refractivity contribution in [3.63, 3.8) is 0 Å². The van der Waals surface area contributed by atoms with Crippen molar-refractivity contribution < 1.29 is 8.42 Å². The largest absolute Gasteiger partial charge is 0.280 e. The molecule has 0 spiro atoms. The third-order valence-corrected chi connectivity index (χ3v) is 6.48. The van der Waals surface area contributed by atoms with Gasteiger partial charge in [-0.1, -0.05) is 20.8 Å². The first kappa shape index (κ1) is 14.5. The molecule has 2 rings (SSSR count). The van der Waals surface area contributed by atoms with Gasteiger partial charge in [0.05, 0.1) is 0 Å². The van der Waals surface area contributed by atoms with Crippen LogP contribution in [0.2, 0.25) is 0 Å². The number of aromatic nitrogens is 2. The van der Waals surface area contributed by atoms with Crippen LogP contribution in [0.1, 0.15) is 26.5 Å². The summed E-state index contributed by atoms with van der Waals surface area (Å²) in [5.74, 6) is 0.297. The molecule has 8 heteroatoms. The number of hydrogen-bond donors (Lipinski definition) is 2. The first-order valence-electron chi connectivity index (χ1n) is 5.52. The molecule has 19 heavy (non-hydrogen) atoms. The van der Waals surface area contributed by atoms with E-state index in [9.17, 15) is 8.42 Å². The second-order valence-corrected chi connectivity index (χ2v) is 8.73. The first-order chi connectivity index (χ1) is 8.70. The topological polar surface area (TPSA) is 74.8 Å². The number of rotatable bonds is 3. The monoisotopic (exact) mass is 363 g/mol. The summed E-state index contributed by atoms with van der Waals surface area (Å²) >= 11 is 4.37. The number of nitrogens with one attached hydrogen (secondary N) is 2. The fraction of sp³-hybridized carbons (Fsp3) is 0.364. The van der Waals surface area contributed by atoms with Gasteiger partial charge in [-0.25, -0.2) is 8.42 Å². The van der Waals surface area contributed by atoms with Gasteiger partial charge in [-0.2, -0.15) is 5.10 Å². The van der Waals surface area contributed by atoms with Gasteiger partial charge in [0.1, 0.15) is 0 Å². The van der Waals surface area contributed by atoms with Gasteiger partial charge in [0, 0.05) is 21.6 Å². The van der Waals surface area contributed by atoms with Crippen LogP contribution in [0.15, 0.2) is 26.2 Å². The van der Waals surface area contributed by atoms with Gasteiger partial charge in [-0.3, -0.25) is 9.82 Å². The Kier molecular flexibility index (Phi) is 3.76. The zero-order valence-corrected chi connectivity index (χ0v) is 13.9. The van der Waals surface area contributed by atoms with Gasteiger partial charge in [0.25, 0.3) is 10.0 Å². The Morgan fingerprint density at radius 2 is 2.11 bits per heavy atom. The molecule has 0 saturated heterocycles. The third-order valence-electron chi connectivity index (χ3n) is 2.45. The number of aromatic amines is 1. The highest BCUT2D eigenvalue weighted by atomic mass is 79.9. The normalized spacial score (nSPS) is 12.6. The molecular weight excluding hydrogens is 350 g/mol. The molecule has 0 unspecified atom stereocenters. The average molecular weight is 364 g/mol. The summed E-state index contributed by atoms with van der Waals surface area (Å²) in [5, 5.41) is 8.54. The summed E-state index contributed by atoms with van der Waals surface area (Å²) in [6, 6.07) is 3.41. The molecule has 0 radical (unpaired) electrons. The molecule has 0 amide bonds. The number of halogens is 1. The second kappa shape index (κ2) is 4.92. The molecule has 0 saturated carbocycles. The summed E-state index contributed by atoms with van der Waals surface area (Å²) in [6.07, 6.45) is 0. The summed E-state index contributed by atoms with van der Waals surface area (Å²) in [6.45, 7) is 6.07. The minimum absolute atomic E-state index is 0.111. The highest BCUT2D eigenvalue weighted by Gasteiger charge is 2.22. The predicted octanol–water partition coefficient (Wildman–Crippen LogP) is 3.33. The molecule has 2 aromatic heterocycles. The van der Waals surface area contributed by atoms with Crippen molar-refractivity contribution in [1.82, 2.24) is 10.2 Å². The van der Waals surface area contributed by atoms with Crippen LogP contribution in [0.3, 0.4) is 0 Å². The van der Waals surface area contributed by atoms with Crippen molar-refractivity contribution in [1.29, 1.82) is 0 Å². The zero-order valence-electron chi connectivity index (χ0n) is 10.7. The number of thiophene rings is 1. The third kappa shape index (κ3) is 3.18. The molecule has 2 N–H and O–H groups in total. The number of sulfonamides is 1. The summed E-state index contributed by atoms with van der Waals surface area (Å²) in [5.41, 5.74) is 0.760. The number of hydrogen-bond acceptors (Lipinski definition) is 4. The molecule has 0 atom stereocenters. The van der Waals surface area contributed by atoms with Crippen molar-refractivity contribution in [2.45, 2.75) is 30.4 Å². The van der Waals surface area contributed by atoms with Crippen molar-refractivity contribution >= 4 is 43.1 Å². The van der Waals surface area contributed by atoms with Crippen molar-refractivity contribution in [2.75, 3.05) is 4.72 Å². The number of H-pyrrole nitrogens is 1. The van der Waals surface area contributed by atoms with Crippen LogP contribution in [-0.4, -0.2) is 18.6 Å². The van der Waals surface area contributed by atoms with Crippen LogP contribution in [0.5, 0.6) is 0 Å². The maximum atomic E-state index is 12.2. The van der Waals surface area contributed by atoms with Gasteiger partial charge in [0.2, 0.25) is 0 Å². The Hall–Kier alpha value is -0.860. The van der Waals surface area contributed by atoms with E-state index in [1.54, 1.807) is 17.5 Å². The molecule has 5 nitrogen and oxygen atoms in total. The maximum absolute atomic E-state index is 12.2. The lowest BCUT2D eigenvalue weighted by atomic mass is 9.92. The highest BCUT2D eigenvalue weighted by molar-refractivity contribution is 9.10. The molecule has 0 aliphatic heterocycles. The summed E-state index contributed by atoms with van der Waals surface area (Å²) < 4.78 is 27.6. The van der Waals surface area contributed by atoms with E-state index in [2.05, 4.69) is 30.8 Å². The Morgan fingerprint density at radius 3 is 2.58 bits per heavy atom. The van der Waals surface area contributed by atoms with Crippen LogP contribution in [0, 0.1) is 0 Å². The smallest absolute Gasteiger partial charge is 0.273 e. The number of nitrogens with zero attached hydrogens (tertiary/aromatic N) is 1. The predicted molar refractivity (Wildman–Crippen MR) is 80.1 cm³/mol. The highest BCUT2D eigenvalue weighted by Crippen LogP contribution is 2.29. The lowest BCUT2D eigenvalue weighted by molar-refractivity contribution is 0.567. The molecule has 0 aromatic carbocycles. The van der Waals surface area contributed by atoms with Crippen molar-refractivity contribution in [3.05, 3.63) is 27.7 Å². The van der Waals surface area contributed by atoms with E-state index in [-0.39, 0.29) is 9.62 Å². The van der Waals surface area contributed by atoms with Crippen LogP contribution >= 0.6 is 27.3 Å². The summed E-state index contributed by atoms with van der Waals surface area (Å²) in [4.78, 5) is 0. The molecular formula is C11H14BrN3O2S2. The van der Waals surface area contributed by atoms with Gasteiger partial charge in [0.15, 0.2) is 10.0 Å². The molecule has 2 heterocycles. The minimum Gasteiger partial charge on any atom is -0.280 e. The molecule has 2 aromatic rings. The first-order valence-corrected chi connectivity index (χ1v) is 8.67. The maximum Gasteiger partial charge on any atom is 0.273 e. The van der Waals surface area contributed by atoms with Crippen LogP contribution in [-0.2, 0) is 15.4 Å². The average Bonchev–Trinajstić information content (AvgIpc) is 2.85. The summed E-state index contributed by atoms with van der Waals surface area (Å²) in [7, 11) is -3.59. The Balaban J connectivity index is 2.27. The quantitative estimate of drug-likeness (QED) is 0.877. The van der Waals surface area contributed by atoms with Gasteiger partial charge >= 0.3 is 0 Å². The van der Waals surface area contributed by atoms with E-state index < -0.39 is 10.0 Å². The van der Waals surface area contributed by atoms with Gasteiger partial charge in [-0.15, -0.1) is 11.3 Å². The lowest BCUT2D eigenvalue weighted by Gasteiger charge is -2.14. The van der Waals surface area contributed by atoms with E-state index in [0.717, 1.165) is 17.0 Å². The van der Waals surface area contributed by atoms with Crippen molar-refractivity contribution in [2.24, 2.45) is 0 Å². The van der Waals surface area contributed by atoms with E-state index >= 15 is 0 Å². The Labute approximate surface area is 124 Å². The molecule has 0 aliphatic rings. The van der Waals surface area contributed by atoms with Crippen molar-refractivity contribution in [3.8, 4) is 0 Å². The van der Waals surface area contributed by atoms with E-state index in [1.165, 1.54) is 0 Å². The van der Waals surface area contributed by atoms with E-state index in [0.29, 0.717) is 10.3 Å². The lowest BCUT2D eigenvalue weighted by Crippen LogP contribution is -2.12. The fourth-order valence-corrected chi connectivity index (χ4v) is 4.74. The molecule has 104 valence electrons. The minimum atomic E-state index is -3.59. The number of anilines is 1. The van der Waals surface area contributed by atoms with E-state index in [1.807, 2.05) is 20.8 Å².